The Bertz CT molecular complexity index is 410. The zero-order valence-corrected chi connectivity index (χ0v) is 12.0. The topological polar surface area (TPSA) is 21.1 Å². The summed E-state index contributed by atoms with van der Waals surface area (Å²) in [6, 6.07) is 0. The average Bonchev–Trinajstić information content (AvgIpc) is 2.50. The van der Waals surface area contributed by atoms with Crippen LogP contribution in [0, 0.1) is 0 Å². The predicted molar refractivity (Wildman–Crippen MR) is 71.2 cm³/mol. The van der Waals surface area contributed by atoms with Crippen LogP contribution in [-0.2, 0) is 20.0 Å². The van der Waals surface area contributed by atoms with Crippen molar-refractivity contribution in [1.29, 1.82) is 0 Å². The van der Waals surface area contributed by atoms with E-state index < -0.39 is 0 Å². The minimum atomic E-state index is 0.252. The van der Waals surface area contributed by atoms with Gasteiger partial charge in [-0.05, 0) is 26.7 Å². The summed E-state index contributed by atoms with van der Waals surface area (Å²) in [5, 5.41) is 4.68. The average molecular weight is 235 g/mol. The SMILES string of the molecule is CC(C)c1c2c(nn1C)CCN(C(C)(C)C)C2. The molecule has 1 aromatic rings. The molecule has 1 aromatic heterocycles. The van der Waals surface area contributed by atoms with Gasteiger partial charge in [0, 0.05) is 43.4 Å². The molecule has 0 amide bonds. The first kappa shape index (κ1) is 12.6. The molecular formula is C14H25N3. The minimum absolute atomic E-state index is 0.252. The maximum atomic E-state index is 4.68. The van der Waals surface area contributed by atoms with E-state index in [9.17, 15) is 0 Å². The Balaban J connectivity index is 2.36. The van der Waals surface area contributed by atoms with Gasteiger partial charge < -0.3 is 0 Å². The van der Waals surface area contributed by atoms with Gasteiger partial charge in [-0.15, -0.1) is 0 Å². The van der Waals surface area contributed by atoms with E-state index in [4.69, 9.17) is 0 Å². The van der Waals surface area contributed by atoms with Gasteiger partial charge in [0.05, 0.1) is 5.69 Å². The van der Waals surface area contributed by atoms with E-state index in [1.807, 2.05) is 0 Å². The lowest BCUT2D eigenvalue weighted by Gasteiger charge is -2.38. The molecule has 0 bridgehead atoms. The second-order valence-corrected chi connectivity index (χ2v) is 6.43. The zero-order chi connectivity index (χ0) is 12.8. The first-order valence-corrected chi connectivity index (χ1v) is 6.60. The molecule has 0 N–H and O–H groups in total. The molecule has 0 spiro atoms. The third-order valence-electron chi connectivity index (χ3n) is 3.74. The Labute approximate surface area is 105 Å². The van der Waals surface area contributed by atoms with Gasteiger partial charge in [-0.2, -0.15) is 5.10 Å². The fourth-order valence-electron chi connectivity index (χ4n) is 2.82. The van der Waals surface area contributed by atoms with E-state index in [0.717, 1.165) is 19.5 Å². The number of nitrogens with zero attached hydrogens (tertiary/aromatic N) is 3. The van der Waals surface area contributed by atoms with Crippen molar-refractivity contribution in [3.05, 3.63) is 17.0 Å². The molecule has 3 nitrogen and oxygen atoms in total. The van der Waals surface area contributed by atoms with Gasteiger partial charge in [0.15, 0.2) is 0 Å². The second-order valence-electron chi connectivity index (χ2n) is 6.43. The normalized spacial score (nSPS) is 17.6. The van der Waals surface area contributed by atoms with Crippen LogP contribution in [0.4, 0.5) is 0 Å². The van der Waals surface area contributed by atoms with Gasteiger partial charge in [-0.3, -0.25) is 9.58 Å². The molecule has 1 aliphatic heterocycles. The van der Waals surface area contributed by atoms with E-state index >= 15 is 0 Å². The lowest BCUT2D eigenvalue weighted by atomic mass is 9.95. The maximum absolute atomic E-state index is 4.68. The first-order chi connectivity index (χ1) is 7.80. The van der Waals surface area contributed by atoms with E-state index in [-0.39, 0.29) is 5.54 Å². The van der Waals surface area contributed by atoms with E-state index in [1.54, 1.807) is 0 Å². The monoisotopic (exact) mass is 235 g/mol. The number of aromatic nitrogens is 2. The van der Waals surface area contributed by atoms with Crippen LogP contribution in [0.1, 0.15) is 57.5 Å². The van der Waals surface area contributed by atoms with Crippen LogP contribution in [0.2, 0.25) is 0 Å². The fourth-order valence-corrected chi connectivity index (χ4v) is 2.82. The van der Waals surface area contributed by atoms with Crippen molar-refractivity contribution in [1.82, 2.24) is 14.7 Å². The highest BCUT2D eigenvalue weighted by atomic mass is 15.3. The molecule has 3 heteroatoms. The lowest BCUT2D eigenvalue weighted by Crippen LogP contribution is -2.44. The molecule has 0 unspecified atom stereocenters. The van der Waals surface area contributed by atoms with Crippen LogP contribution in [0.25, 0.3) is 0 Å². The van der Waals surface area contributed by atoms with Crippen molar-refractivity contribution >= 4 is 0 Å². The predicted octanol–water partition coefficient (Wildman–Crippen LogP) is 2.70. The minimum Gasteiger partial charge on any atom is -0.294 e. The summed E-state index contributed by atoms with van der Waals surface area (Å²) in [7, 11) is 2.08. The molecule has 0 saturated heterocycles. The Hall–Kier alpha value is -0.830. The number of hydrogen-bond acceptors (Lipinski definition) is 2. The van der Waals surface area contributed by atoms with Crippen LogP contribution >= 0.6 is 0 Å². The van der Waals surface area contributed by atoms with Crippen molar-refractivity contribution in [2.75, 3.05) is 6.54 Å². The van der Waals surface area contributed by atoms with Crippen LogP contribution in [0.5, 0.6) is 0 Å². The molecule has 0 aromatic carbocycles. The van der Waals surface area contributed by atoms with Crippen molar-refractivity contribution in [3.63, 3.8) is 0 Å². The Kier molecular flexibility index (Phi) is 3.06. The standard InChI is InChI=1S/C14H25N3/c1-10(2)13-11-9-17(14(3,4)5)8-7-12(11)15-16(13)6/h10H,7-9H2,1-6H3. The summed E-state index contributed by atoms with van der Waals surface area (Å²) < 4.78 is 2.08. The van der Waals surface area contributed by atoms with Crippen molar-refractivity contribution in [3.8, 4) is 0 Å². The van der Waals surface area contributed by atoms with Crippen molar-refractivity contribution < 1.29 is 0 Å². The van der Waals surface area contributed by atoms with Gasteiger partial charge in [0.25, 0.3) is 0 Å². The van der Waals surface area contributed by atoms with Gasteiger partial charge in [-0.1, -0.05) is 13.8 Å². The molecule has 1 aliphatic rings. The van der Waals surface area contributed by atoms with Crippen LogP contribution < -0.4 is 0 Å². The lowest BCUT2D eigenvalue weighted by molar-refractivity contribution is 0.120. The molecule has 17 heavy (non-hydrogen) atoms. The Morgan fingerprint density at radius 1 is 1.24 bits per heavy atom. The molecule has 0 saturated carbocycles. The van der Waals surface area contributed by atoms with Crippen molar-refractivity contribution in [2.45, 2.75) is 59.0 Å². The van der Waals surface area contributed by atoms with E-state index in [2.05, 4.69) is 56.3 Å². The highest BCUT2D eigenvalue weighted by Gasteiger charge is 2.30. The van der Waals surface area contributed by atoms with Crippen LogP contribution in [-0.4, -0.2) is 26.8 Å². The van der Waals surface area contributed by atoms with Crippen LogP contribution in [0.3, 0.4) is 0 Å². The first-order valence-electron chi connectivity index (χ1n) is 6.60. The molecule has 96 valence electrons. The highest BCUT2D eigenvalue weighted by molar-refractivity contribution is 5.31. The summed E-state index contributed by atoms with van der Waals surface area (Å²) in [6.45, 7) is 13.6. The van der Waals surface area contributed by atoms with Crippen molar-refractivity contribution in [2.24, 2.45) is 7.05 Å². The molecule has 2 rings (SSSR count). The number of rotatable bonds is 1. The second kappa shape index (κ2) is 4.13. The summed E-state index contributed by atoms with van der Waals surface area (Å²) in [6.07, 6.45) is 1.09. The van der Waals surface area contributed by atoms with E-state index in [0.29, 0.717) is 5.92 Å². The third-order valence-corrected chi connectivity index (χ3v) is 3.74. The Morgan fingerprint density at radius 2 is 1.88 bits per heavy atom. The summed E-state index contributed by atoms with van der Waals surface area (Å²) in [4.78, 5) is 2.56. The van der Waals surface area contributed by atoms with Gasteiger partial charge in [0.1, 0.15) is 0 Å². The maximum Gasteiger partial charge on any atom is 0.0685 e. The number of aryl methyl sites for hydroxylation is 1. The molecule has 0 radical (unpaired) electrons. The van der Waals surface area contributed by atoms with Gasteiger partial charge in [-0.25, -0.2) is 0 Å². The third kappa shape index (κ3) is 2.25. The summed E-state index contributed by atoms with van der Waals surface area (Å²) >= 11 is 0. The summed E-state index contributed by atoms with van der Waals surface area (Å²) in [5.74, 6) is 0.552. The quantitative estimate of drug-likeness (QED) is 0.746. The number of hydrogen-bond donors (Lipinski definition) is 0. The number of fused-ring (bicyclic) bond motifs is 1. The smallest absolute Gasteiger partial charge is 0.0685 e. The molecule has 0 aliphatic carbocycles. The zero-order valence-electron chi connectivity index (χ0n) is 12.0. The Morgan fingerprint density at radius 3 is 2.41 bits per heavy atom. The summed E-state index contributed by atoms with van der Waals surface area (Å²) in [5.41, 5.74) is 4.45. The molecule has 0 fully saturated rings. The highest BCUT2D eigenvalue weighted by Crippen LogP contribution is 2.30. The molecule has 0 atom stereocenters. The van der Waals surface area contributed by atoms with Gasteiger partial charge in [0.2, 0.25) is 0 Å². The largest absolute Gasteiger partial charge is 0.294 e. The van der Waals surface area contributed by atoms with Gasteiger partial charge >= 0.3 is 0 Å². The molecular weight excluding hydrogens is 210 g/mol. The molecule has 2 heterocycles. The fraction of sp³-hybridized carbons (Fsp3) is 0.786. The van der Waals surface area contributed by atoms with E-state index in [1.165, 1.54) is 17.0 Å². The van der Waals surface area contributed by atoms with Crippen LogP contribution in [0.15, 0.2) is 0 Å².